The van der Waals surface area contributed by atoms with Crippen LogP contribution in [-0.4, -0.2) is 36.4 Å². The van der Waals surface area contributed by atoms with Gasteiger partial charge in [-0.25, -0.2) is 4.98 Å². The van der Waals surface area contributed by atoms with Crippen molar-refractivity contribution in [2.45, 2.75) is 13.0 Å². The van der Waals surface area contributed by atoms with Crippen molar-refractivity contribution in [2.24, 2.45) is 0 Å². The van der Waals surface area contributed by atoms with E-state index in [2.05, 4.69) is 26.2 Å². The number of imidazole rings is 1. The first-order valence-electron chi connectivity index (χ1n) is 6.28. The number of anilines is 1. The first-order valence-corrected chi connectivity index (χ1v) is 7.07. The predicted octanol–water partition coefficient (Wildman–Crippen LogP) is 3.09. The monoisotopic (exact) mass is 339 g/mol. The fraction of sp³-hybridized carbons (Fsp3) is 0.357. The maximum absolute atomic E-state index is 5.32. The summed E-state index contributed by atoms with van der Waals surface area (Å²) in [5, 5.41) is 3.32. The summed E-state index contributed by atoms with van der Waals surface area (Å²) >= 11 is 3.45. The number of aromatic nitrogens is 2. The van der Waals surface area contributed by atoms with Crippen LogP contribution < -0.4 is 10.1 Å². The molecule has 0 fully saturated rings. The molecular formula is C14H18BrN3O2. The van der Waals surface area contributed by atoms with Crippen molar-refractivity contribution in [3.63, 3.8) is 0 Å². The summed E-state index contributed by atoms with van der Waals surface area (Å²) in [4.78, 5) is 4.34. The maximum atomic E-state index is 5.32. The van der Waals surface area contributed by atoms with Crippen molar-refractivity contribution < 1.29 is 9.47 Å². The number of rotatable bonds is 6. The molecule has 1 unspecified atom stereocenters. The van der Waals surface area contributed by atoms with E-state index in [0.29, 0.717) is 6.61 Å². The Bertz CT molecular complexity index is 571. The lowest BCUT2D eigenvalue weighted by Crippen LogP contribution is -2.22. The molecule has 0 aliphatic heterocycles. The van der Waals surface area contributed by atoms with Gasteiger partial charge in [0.05, 0.1) is 23.9 Å². The van der Waals surface area contributed by atoms with Crippen LogP contribution in [0.3, 0.4) is 0 Å². The minimum absolute atomic E-state index is 0.179. The van der Waals surface area contributed by atoms with E-state index < -0.39 is 0 Å². The Morgan fingerprint density at radius 1 is 1.40 bits per heavy atom. The fourth-order valence-corrected chi connectivity index (χ4v) is 2.34. The van der Waals surface area contributed by atoms with Crippen LogP contribution in [0.2, 0.25) is 0 Å². The molecule has 20 heavy (non-hydrogen) atoms. The normalized spacial score (nSPS) is 12.2. The SMILES string of the molecule is COCC(C)Nc1nccn1-c1ccc(Br)c(OC)c1. The minimum Gasteiger partial charge on any atom is -0.495 e. The van der Waals surface area contributed by atoms with Crippen LogP contribution in [0.25, 0.3) is 5.69 Å². The van der Waals surface area contributed by atoms with Crippen LogP contribution in [0, 0.1) is 0 Å². The highest BCUT2D eigenvalue weighted by Gasteiger charge is 2.10. The second kappa shape index (κ2) is 6.76. The molecule has 1 heterocycles. The highest BCUT2D eigenvalue weighted by molar-refractivity contribution is 9.10. The average molecular weight is 340 g/mol. The number of halogens is 1. The van der Waals surface area contributed by atoms with Crippen molar-refractivity contribution >= 4 is 21.9 Å². The molecule has 0 bridgehead atoms. The summed E-state index contributed by atoms with van der Waals surface area (Å²) in [6, 6.07) is 6.09. The fourth-order valence-electron chi connectivity index (χ4n) is 1.93. The molecular weight excluding hydrogens is 322 g/mol. The summed E-state index contributed by atoms with van der Waals surface area (Å²) in [7, 11) is 3.34. The molecule has 1 atom stereocenters. The van der Waals surface area contributed by atoms with E-state index in [9.17, 15) is 0 Å². The largest absolute Gasteiger partial charge is 0.495 e. The Morgan fingerprint density at radius 2 is 2.20 bits per heavy atom. The Balaban J connectivity index is 2.27. The molecule has 2 rings (SSSR count). The lowest BCUT2D eigenvalue weighted by atomic mass is 10.3. The zero-order valence-electron chi connectivity index (χ0n) is 11.8. The zero-order chi connectivity index (χ0) is 14.5. The van der Waals surface area contributed by atoms with Crippen LogP contribution >= 0.6 is 15.9 Å². The summed E-state index contributed by atoms with van der Waals surface area (Å²) < 4.78 is 13.3. The van der Waals surface area contributed by atoms with E-state index in [1.165, 1.54) is 0 Å². The van der Waals surface area contributed by atoms with Gasteiger partial charge >= 0.3 is 0 Å². The van der Waals surface area contributed by atoms with E-state index in [1.54, 1.807) is 20.4 Å². The Morgan fingerprint density at radius 3 is 2.90 bits per heavy atom. The number of nitrogens with one attached hydrogen (secondary N) is 1. The van der Waals surface area contributed by atoms with E-state index in [1.807, 2.05) is 35.9 Å². The summed E-state index contributed by atoms with van der Waals surface area (Å²) in [5.41, 5.74) is 0.981. The predicted molar refractivity (Wildman–Crippen MR) is 82.8 cm³/mol. The molecule has 0 saturated carbocycles. The standard InChI is InChI=1S/C14H18BrN3O2/c1-10(9-19-2)17-14-16-6-7-18(14)11-4-5-12(15)13(8-11)20-3/h4-8,10H,9H2,1-3H3,(H,16,17). The van der Waals surface area contributed by atoms with Crippen LogP contribution in [0.15, 0.2) is 35.1 Å². The van der Waals surface area contributed by atoms with Crippen molar-refractivity contribution in [2.75, 3.05) is 26.1 Å². The highest BCUT2D eigenvalue weighted by Crippen LogP contribution is 2.28. The first kappa shape index (κ1) is 14.9. The Hall–Kier alpha value is -1.53. The second-order valence-electron chi connectivity index (χ2n) is 4.44. The smallest absolute Gasteiger partial charge is 0.207 e. The quantitative estimate of drug-likeness (QED) is 0.878. The lowest BCUT2D eigenvalue weighted by molar-refractivity contribution is 0.190. The van der Waals surface area contributed by atoms with Crippen molar-refractivity contribution in [1.29, 1.82) is 0 Å². The van der Waals surface area contributed by atoms with Gasteiger partial charge in [-0.2, -0.15) is 0 Å². The van der Waals surface area contributed by atoms with E-state index in [0.717, 1.165) is 21.9 Å². The molecule has 0 aliphatic rings. The van der Waals surface area contributed by atoms with Crippen LogP contribution in [0.1, 0.15) is 6.92 Å². The van der Waals surface area contributed by atoms with E-state index in [4.69, 9.17) is 9.47 Å². The molecule has 0 radical (unpaired) electrons. The molecule has 6 heteroatoms. The number of methoxy groups -OCH3 is 2. The van der Waals surface area contributed by atoms with Gasteiger partial charge in [0.1, 0.15) is 5.75 Å². The second-order valence-corrected chi connectivity index (χ2v) is 5.29. The lowest BCUT2D eigenvalue weighted by Gasteiger charge is -2.16. The van der Waals surface area contributed by atoms with E-state index in [-0.39, 0.29) is 6.04 Å². The van der Waals surface area contributed by atoms with Gasteiger partial charge in [-0.05, 0) is 35.0 Å². The summed E-state index contributed by atoms with van der Waals surface area (Å²) in [6.07, 6.45) is 3.67. The van der Waals surface area contributed by atoms with Crippen LogP contribution in [0.5, 0.6) is 5.75 Å². The highest BCUT2D eigenvalue weighted by atomic mass is 79.9. The van der Waals surface area contributed by atoms with Gasteiger partial charge in [0.2, 0.25) is 5.95 Å². The van der Waals surface area contributed by atoms with Crippen LogP contribution in [-0.2, 0) is 4.74 Å². The Labute approximate surface area is 127 Å². The first-order chi connectivity index (χ1) is 9.65. The third-order valence-electron chi connectivity index (χ3n) is 2.85. The molecule has 5 nitrogen and oxygen atoms in total. The molecule has 108 valence electrons. The molecule has 1 N–H and O–H groups in total. The van der Waals surface area contributed by atoms with Crippen molar-refractivity contribution in [3.05, 3.63) is 35.1 Å². The third kappa shape index (κ3) is 3.32. The molecule has 2 aromatic rings. The van der Waals surface area contributed by atoms with Gasteiger partial charge in [0.25, 0.3) is 0 Å². The third-order valence-corrected chi connectivity index (χ3v) is 3.50. The van der Waals surface area contributed by atoms with Gasteiger partial charge in [-0.1, -0.05) is 0 Å². The van der Waals surface area contributed by atoms with E-state index >= 15 is 0 Å². The average Bonchev–Trinajstić information content (AvgIpc) is 2.87. The Kier molecular flexibility index (Phi) is 5.03. The van der Waals surface area contributed by atoms with Crippen LogP contribution in [0.4, 0.5) is 5.95 Å². The maximum Gasteiger partial charge on any atom is 0.207 e. The van der Waals surface area contributed by atoms with Gasteiger partial charge in [0.15, 0.2) is 0 Å². The molecule has 1 aromatic heterocycles. The number of ether oxygens (including phenoxy) is 2. The van der Waals surface area contributed by atoms with Gasteiger partial charge in [0, 0.05) is 31.6 Å². The van der Waals surface area contributed by atoms with Crippen molar-refractivity contribution in [3.8, 4) is 11.4 Å². The number of nitrogens with zero attached hydrogens (tertiary/aromatic N) is 2. The number of hydrogen-bond donors (Lipinski definition) is 1. The molecule has 0 aliphatic carbocycles. The molecule has 0 spiro atoms. The number of hydrogen-bond acceptors (Lipinski definition) is 4. The molecule has 1 aromatic carbocycles. The van der Waals surface area contributed by atoms with Gasteiger partial charge in [-0.15, -0.1) is 0 Å². The molecule has 0 amide bonds. The number of benzene rings is 1. The molecule has 0 saturated heterocycles. The van der Waals surface area contributed by atoms with Crippen molar-refractivity contribution in [1.82, 2.24) is 9.55 Å². The van der Waals surface area contributed by atoms with Gasteiger partial charge in [-0.3, -0.25) is 4.57 Å². The zero-order valence-corrected chi connectivity index (χ0v) is 13.3. The minimum atomic E-state index is 0.179. The topological polar surface area (TPSA) is 48.3 Å². The van der Waals surface area contributed by atoms with Gasteiger partial charge < -0.3 is 14.8 Å². The summed E-state index contributed by atoms with van der Waals surface area (Å²) in [5.74, 6) is 1.56. The summed E-state index contributed by atoms with van der Waals surface area (Å²) in [6.45, 7) is 2.67.